The van der Waals surface area contributed by atoms with Gasteiger partial charge in [-0.15, -0.1) is 0 Å². The number of nitrogens with zero attached hydrogens (tertiary/aromatic N) is 2. The first-order valence-corrected chi connectivity index (χ1v) is 5.73. The van der Waals surface area contributed by atoms with Gasteiger partial charge in [-0.2, -0.15) is 4.98 Å². The summed E-state index contributed by atoms with van der Waals surface area (Å²) in [4.78, 5) is 6.72. The lowest BCUT2D eigenvalue weighted by atomic mass is 10.2. The van der Waals surface area contributed by atoms with Gasteiger partial charge in [0, 0.05) is 19.1 Å². The largest absolute Gasteiger partial charge is 0.432 e. The summed E-state index contributed by atoms with van der Waals surface area (Å²) in [6, 6.07) is 1.35. The van der Waals surface area contributed by atoms with Gasteiger partial charge >= 0.3 is 0 Å². The van der Waals surface area contributed by atoms with Crippen LogP contribution < -0.4 is 10.2 Å². The van der Waals surface area contributed by atoms with Gasteiger partial charge in [0.2, 0.25) is 0 Å². The van der Waals surface area contributed by atoms with Gasteiger partial charge in [0.25, 0.3) is 6.01 Å². The van der Waals surface area contributed by atoms with Crippen molar-refractivity contribution in [2.75, 3.05) is 18.0 Å². The van der Waals surface area contributed by atoms with Gasteiger partial charge in [0.1, 0.15) is 6.26 Å². The van der Waals surface area contributed by atoms with Crippen LogP contribution in [-0.2, 0) is 6.54 Å². The molecule has 0 saturated carbocycles. The standard InChI is InChI=1S/C11H19N3O/c1-3-12-7-10-8-15-11(13-10)14-6-4-5-9(14)2/h8-9,12H,3-7H2,1-2H3. The van der Waals surface area contributed by atoms with Crippen LogP contribution in [0.4, 0.5) is 6.01 Å². The highest BCUT2D eigenvalue weighted by Crippen LogP contribution is 2.24. The maximum Gasteiger partial charge on any atom is 0.297 e. The molecule has 1 aromatic heterocycles. The molecular formula is C11H19N3O. The maximum atomic E-state index is 5.49. The summed E-state index contributed by atoms with van der Waals surface area (Å²) in [6.45, 7) is 7.14. The molecule has 2 rings (SSSR count). The predicted octanol–water partition coefficient (Wildman–Crippen LogP) is 1.77. The summed E-state index contributed by atoms with van der Waals surface area (Å²) in [5.41, 5.74) is 0.992. The Bertz CT molecular complexity index is 311. The number of hydrogen-bond donors (Lipinski definition) is 1. The third-order valence-corrected chi connectivity index (χ3v) is 2.89. The van der Waals surface area contributed by atoms with E-state index >= 15 is 0 Å². The average Bonchev–Trinajstić information content (AvgIpc) is 2.83. The van der Waals surface area contributed by atoms with Crippen LogP contribution in [0.3, 0.4) is 0 Å². The molecule has 1 atom stereocenters. The van der Waals surface area contributed by atoms with E-state index < -0.39 is 0 Å². The topological polar surface area (TPSA) is 41.3 Å². The third-order valence-electron chi connectivity index (χ3n) is 2.89. The molecule has 1 aromatic rings. The second-order valence-corrected chi connectivity index (χ2v) is 4.09. The van der Waals surface area contributed by atoms with Crippen molar-refractivity contribution in [1.29, 1.82) is 0 Å². The van der Waals surface area contributed by atoms with Crippen molar-refractivity contribution in [3.8, 4) is 0 Å². The Morgan fingerprint density at radius 1 is 1.67 bits per heavy atom. The Hall–Kier alpha value is -1.03. The quantitative estimate of drug-likeness (QED) is 0.820. The molecule has 1 fully saturated rings. The van der Waals surface area contributed by atoms with Crippen molar-refractivity contribution in [3.05, 3.63) is 12.0 Å². The van der Waals surface area contributed by atoms with Crippen molar-refractivity contribution in [2.45, 2.75) is 39.3 Å². The van der Waals surface area contributed by atoms with E-state index in [0.717, 1.165) is 31.3 Å². The number of nitrogens with one attached hydrogen (secondary N) is 1. The van der Waals surface area contributed by atoms with E-state index in [4.69, 9.17) is 4.42 Å². The molecule has 2 heterocycles. The van der Waals surface area contributed by atoms with Crippen LogP contribution in [0.2, 0.25) is 0 Å². The number of hydrogen-bond acceptors (Lipinski definition) is 4. The number of anilines is 1. The summed E-state index contributed by atoms with van der Waals surface area (Å²) >= 11 is 0. The molecule has 1 aliphatic rings. The van der Waals surface area contributed by atoms with Crippen LogP contribution in [0.5, 0.6) is 0 Å². The predicted molar refractivity (Wildman–Crippen MR) is 59.9 cm³/mol. The Kier molecular flexibility index (Phi) is 3.26. The van der Waals surface area contributed by atoms with E-state index in [2.05, 4.69) is 29.0 Å². The maximum absolute atomic E-state index is 5.49. The van der Waals surface area contributed by atoms with Gasteiger partial charge in [0.15, 0.2) is 0 Å². The lowest BCUT2D eigenvalue weighted by Gasteiger charge is -2.18. The minimum absolute atomic E-state index is 0.565. The molecular weight excluding hydrogens is 190 g/mol. The molecule has 15 heavy (non-hydrogen) atoms. The van der Waals surface area contributed by atoms with Gasteiger partial charge in [-0.25, -0.2) is 0 Å². The van der Waals surface area contributed by atoms with Crippen molar-refractivity contribution >= 4 is 6.01 Å². The Balaban J connectivity index is 1.99. The molecule has 4 nitrogen and oxygen atoms in total. The van der Waals surface area contributed by atoms with Gasteiger partial charge in [-0.1, -0.05) is 6.92 Å². The first-order chi connectivity index (χ1) is 7.31. The molecule has 0 radical (unpaired) electrons. The SMILES string of the molecule is CCNCc1coc(N2CCCC2C)n1. The molecule has 84 valence electrons. The Labute approximate surface area is 90.7 Å². The summed E-state index contributed by atoms with van der Waals surface area (Å²) in [5, 5.41) is 3.24. The Morgan fingerprint density at radius 2 is 2.53 bits per heavy atom. The molecule has 0 aliphatic carbocycles. The summed E-state index contributed by atoms with van der Waals surface area (Å²) in [7, 11) is 0. The lowest BCUT2D eigenvalue weighted by molar-refractivity contribution is 0.528. The molecule has 1 unspecified atom stereocenters. The minimum Gasteiger partial charge on any atom is -0.432 e. The number of rotatable bonds is 4. The highest BCUT2D eigenvalue weighted by molar-refractivity contribution is 5.30. The molecule has 1 N–H and O–H groups in total. The third kappa shape index (κ3) is 2.31. The van der Waals surface area contributed by atoms with Crippen LogP contribution in [-0.4, -0.2) is 24.1 Å². The monoisotopic (exact) mass is 209 g/mol. The summed E-state index contributed by atoms with van der Waals surface area (Å²) in [6.07, 6.45) is 4.24. The fourth-order valence-electron chi connectivity index (χ4n) is 1.98. The van der Waals surface area contributed by atoms with Gasteiger partial charge in [0.05, 0.1) is 5.69 Å². The smallest absolute Gasteiger partial charge is 0.297 e. The van der Waals surface area contributed by atoms with Crippen molar-refractivity contribution < 1.29 is 4.42 Å². The zero-order valence-corrected chi connectivity index (χ0v) is 9.49. The minimum atomic E-state index is 0.565. The summed E-state index contributed by atoms with van der Waals surface area (Å²) in [5.74, 6) is 0. The van der Waals surface area contributed by atoms with E-state index in [1.165, 1.54) is 12.8 Å². The molecule has 0 aromatic carbocycles. The summed E-state index contributed by atoms with van der Waals surface area (Å²) < 4.78 is 5.49. The van der Waals surface area contributed by atoms with E-state index in [1.807, 2.05) is 0 Å². The fourth-order valence-corrected chi connectivity index (χ4v) is 1.98. The molecule has 0 amide bonds. The first-order valence-electron chi connectivity index (χ1n) is 5.73. The van der Waals surface area contributed by atoms with E-state index in [0.29, 0.717) is 6.04 Å². The number of aromatic nitrogens is 1. The normalized spacial score (nSPS) is 21.2. The highest BCUT2D eigenvalue weighted by Gasteiger charge is 2.24. The second kappa shape index (κ2) is 4.66. The Morgan fingerprint density at radius 3 is 3.20 bits per heavy atom. The molecule has 0 spiro atoms. The van der Waals surface area contributed by atoms with E-state index in [9.17, 15) is 0 Å². The average molecular weight is 209 g/mol. The van der Waals surface area contributed by atoms with E-state index in [1.54, 1.807) is 6.26 Å². The molecule has 4 heteroatoms. The van der Waals surface area contributed by atoms with Crippen LogP contribution in [0, 0.1) is 0 Å². The second-order valence-electron chi connectivity index (χ2n) is 4.09. The fraction of sp³-hybridized carbons (Fsp3) is 0.727. The number of oxazole rings is 1. The zero-order chi connectivity index (χ0) is 10.7. The van der Waals surface area contributed by atoms with Crippen molar-refractivity contribution in [3.63, 3.8) is 0 Å². The highest BCUT2D eigenvalue weighted by atomic mass is 16.4. The molecule has 0 bridgehead atoms. The van der Waals surface area contributed by atoms with Crippen molar-refractivity contribution in [2.24, 2.45) is 0 Å². The van der Waals surface area contributed by atoms with Crippen LogP contribution in [0.1, 0.15) is 32.4 Å². The van der Waals surface area contributed by atoms with Gasteiger partial charge < -0.3 is 14.6 Å². The van der Waals surface area contributed by atoms with Crippen LogP contribution in [0.15, 0.2) is 10.7 Å². The van der Waals surface area contributed by atoms with Crippen molar-refractivity contribution in [1.82, 2.24) is 10.3 Å². The first kappa shape index (κ1) is 10.5. The van der Waals surface area contributed by atoms with Crippen LogP contribution >= 0.6 is 0 Å². The molecule has 1 aliphatic heterocycles. The zero-order valence-electron chi connectivity index (χ0n) is 9.49. The lowest BCUT2D eigenvalue weighted by Crippen LogP contribution is -2.26. The van der Waals surface area contributed by atoms with E-state index in [-0.39, 0.29) is 0 Å². The molecule has 1 saturated heterocycles. The van der Waals surface area contributed by atoms with Gasteiger partial charge in [-0.05, 0) is 26.3 Å². The van der Waals surface area contributed by atoms with Gasteiger partial charge in [-0.3, -0.25) is 0 Å². The van der Waals surface area contributed by atoms with Crippen LogP contribution in [0.25, 0.3) is 0 Å².